The highest BCUT2D eigenvalue weighted by molar-refractivity contribution is 7.15. The van der Waals surface area contributed by atoms with E-state index >= 15 is 0 Å². The fraction of sp³-hybridized carbons (Fsp3) is 0.263. The number of ether oxygens (including phenoxy) is 1. The molecule has 0 aliphatic rings. The number of amides is 1. The fourth-order valence-corrected chi connectivity index (χ4v) is 4.22. The van der Waals surface area contributed by atoms with E-state index in [1.807, 2.05) is 62.5 Å². The Labute approximate surface area is 155 Å². The molecular formula is C19H20N2O2S2. The molecule has 6 heteroatoms. The predicted molar refractivity (Wildman–Crippen MR) is 105 cm³/mol. The Kier molecular flexibility index (Phi) is 5.50. The second-order valence-electron chi connectivity index (χ2n) is 5.87. The SMILES string of the molecule is Cc1nc(-c2cccs2)c(CC(=O)Nc2ccccc2OC(C)C)s1. The zero-order valence-corrected chi connectivity index (χ0v) is 16.0. The minimum atomic E-state index is -0.0683. The van der Waals surface area contributed by atoms with Gasteiger partial charge in [0.05, 0.1) is 33.8 Å². The average Bonchev–Trinajstić information content (AvgIpc) is 3.18. The van der Waals surface area contributed by atoms with E-state index in [0.29, 0.717) is 17.9 Å². The number of aryl methyl sites for hydroxylation is 1. The lowest BCUT2D eigenvalue weighted by molar-refractivity contribution is -0.115. The molecule has 4 nitrogen and oxygen atoms in total. The molecule has 0 unspecified atom stereocenters. The number of anilines is 1. The molecule has 1 amide bonds. The van der Waals surface area contributed by atoms with Crippen molar-refractivity contribution in [3.05, 3.63) is 51.7 Å². The maximum Gasteiger partial charge on any atom is 0.229 e. The summed E-state index contributed by atoms with van der Waals surface area (Å²) in [5.74, 6) is 0.617. The first-order chi connectivity index (χ1) is 12.0. The Morgan fingerprint density at radius 2 is 2.04 bits per heavy atom. The highest BCUT2D eigenvalue weighted by atomic mass is 32.1. The van der Waals surface area contributed by atoms with Crippen molar-refractivity contribution in [2.45, 2.75) is 33.3 Å². The van der Waals surface area contributed by atoms with Crippen molar-refractivity contribution in [2.24, 2.45) is 0 Å². The lowest BCUT2D eigenvalue weighted by atomic mass is 10.2. The van der Waals surface area contributed by atoms with Gasteiger partial charge in [-0.15, -0.1) is 22.7 Å². The second kappa shape index (κ2) is 7.80. The number of hydrogen-bond donors (Lipinski definition) is 1. The summed E-state index contributed by atoms with van der Waals surface area (Å²) in [6.45, 7) is 5.90. The van der Waals surface area contributed by atoms with Crippen LogP contribution in [0.4, 0.5) is 5.69 Å². The van der Waals surface area contributed by atoms with E-state index in [9.17, 15) is 4.79 Å². The van der Waals surface area contributed by atoms with Gasteiger partial charge in [0, 0.05) is 4.88 Å². The molecule has 0 saturated carbocycles. The van der Waals surface area contributed by atoms with Crippen molar-refractivity contribution in [2.75, 3.05) is 5.32 Å². The van der Waals surface area contributed by atoms with Crippen molar-refractivity contribution in [1.82, 2.24) is 4.98 Å². The van der Waals surface area contributed by atoms with Gasteiger partial charge in [0.25, 0.3) is 0 Å². The van der Waals surface area contributed by atoms with Crippen molar-refractivity contribution in [3.8, 4) is 16.3 Å². The van der Waals surface area contributed by atoms with Crippen LogP contribution in [0.15, 0.2) is 41.8 Å². The molecule has 0 saturated heterocycles. The van der Waals surface area contributed by atoms with Crippen LogP contribution in [0.5, 0.6) is 5.75 Å². The zero-order valence-electron chi connectivity index (χ0n) is 14.4. The van der Waals surface area contributed by atoms with Crippen LogP contribution in [-0.4, -0.2) is 17.0 Å². The number of nitrogens with zero attached hydrogens (tertiary/aromatic N) is 1. The number of carbonyl (C=O) groups is 1. The summed E-state index contributed by atoms with van der Waals surface area (Å²) >= 11 is 3.21. The predicted octanol–water partition coefficient (Wildman–Crippen LogP) is 5.15. The number of hydrogen-bond acceptors (Lipinski definition) is 5. The van der Waals surface area contributed by atoms with Gasteiger partial charge in [0.2, 0.25) is 5.91 Å². The van der Waals surface area contributed by atoms with Crippen LogP contribution >= 0.6 is 22.7 Å². The average molecular weight is 373 g/mol. The van der Waals surface area contributed by atoms with Gasteiger partial charge in [-0.05, 0) is 44.4 Å². The number of carbonyl (C=O) groups excluding carboxylic acids is 1. The molecule has 0 atom stereocenters. The Morgan fingerprint density at radius 3 is 2.76 bits per heavy atom. The summed E-state index contributed by atoms with van der Waals surface area (Å²) < 4.78 is 5.76. The fourth-order valence-electron chi connectivity index (χ4n) is 2.46. The Bertz CT molecular complexity index is 854. The third kappa shape index (κ3) is 4.46. The molecule has 130 valence electrons. The van der Waals surface area contributed by atoms with Gasteiger partial charge in [-0.2, -0.15) is 0 Å². The summed E-state index contributed by atoms with van der Waals surface area (Å²) in [5.41, 5.74) is 1.61. The topological polar surface area (TPSA) is 51.2 Å². The largest absolute Gasteiger partial charge is 0.489 e. The van der Waals surface area contributed by atoms with Gasteiger partial charge in [-0.1, -0.05) is 18.2 Å². The van der Waals surface area contributed by atoms with E-state index in [4.69, 9.17) is 4.74 Å². The summed E-state index contributed by atoms with van der Waals surface area (Å²) in [7, 11) is 0. The van der Waals surface area contributed by atoms with E-state index in [1.165, 1.54) is 0 Å². The quantitative estimate of drug-likeness (QED) is 0.651. The third-order valence-electron chi connectivity index (χ3n) is 3.40. The molecule has 0 fully saturated rings. The smallest absolute Gasteiger partial charge is 0.229 e. The molecule has 0 spiro atoms. The first kappa shape index (κ1) is 17.6. The minimum Gasteiger partial charge on any atom is -0.489 e. The molecule has 0 bridgehead atoms. The Balaban J connectivity index is 1.76. The lowest BCUT2D eigenvalue weighted by Gasteiger charge is -2.14. The molecule has 0 aliphatic heterocycles. The number of nitrogens with one attached hydrogen (secondary N) is 1. The molecular weight excluding hydrogens is 352 g/mol. The summed E-state index contributed by atoms with van der Waals surface area (Å²) in [6.07, 6.45) is 0.349. The molecule has 1 aromatic carbocycles. The number of aromatic nitrogens is 1. The Morgan fingerprint density at radius 1 is 1.24 bits per heavy atom. The van der Waals surface area contributed by atoms with Crippen LogP contribution in [0.25, 0.3) is 10.6 Å². The third-order valence-corrected chi connectivity index (χ3v) is 5.25. The molecule has 0 aliphatic carbocycles. The van der Waals surface area contributed by atoms with Gasteiger partial charge in [0.15, 0.2) is 0 Å². The first-order valence-corrected chi connectivity index (χ1v) is 9.78. The maximum absolute atomic E-state index is 12.6. The normalized spacial score (nSPS) is 10.9. The van der Waals surface area contributed by atoms with Gasteiger partial charge in [-0.25, -0.2) is 4.98 Å². The summed E-state index contributed by atoms with van der Waals surface area (Å²) in [4.78, 5) is 19.2. The molecule has 2 heterocycles. The highest BCUT2D eigenvalue weighted by Crippen LogP contribution is 2.32. The first-order valence-electron chi connectivity index (χ1n) is 8.08. The zero-order chi connectivity index (χ0) is 17.8. The van der Waals surface area contributed by atoms with Crippen LogP contribution in [0, 0.1) is 6.92 Å². The number of thiophene rings is 1. The van der Waals surface area contributed by atoms with E-state index < -0.39 is 0 Å². The second-order valence-corrected chi connectivity index (χ2v) is 8.11. The van der Waals surface area contributed by atoms with Gasteiger partial charge in [-0.3, -0.25) is 4.79 Å². The summed E-state index contributed by atoms with van der Waals surface area (Å²) in [6, 6.07) is 11.5. The summed E-state index contributed by atoms with van der Waals surface area (Å²) in [5, 5.41) is 5.95. The molecule has 25 heavy (non-hydrogen) atoms. The van der Waals surface area contributed by atoms with Crippen molar-refractivity contribution >= 4 is 34.3 Å². The van der Waals surface area contributed by atoms with Crippen LogP contribution in [0.3, 0.4) is 0 Å². The monoisotopic (exact) mass is 372 g/mol. The van der Waals surface area contributed by atoms with E-state index in [-0.39, 0.29) is 12.0 Å². The van der Waals surface area contributed by atoms with Crippen molar-refractivity contribution in [3.63, 3.8) is 0 Å². The molecule has 3 rings (SSSR count). The van der Waals surface area contributed by atoms with Crippen LogP contribution in [0.2, 0.25) is 0 Å². The molecule has 0 radical (unpaired) electrons. The van der Waals surface area contributed by atoms with E-state index in [2.05, 4.69) is 10.3 Å². The molecule has 3 aromatic rings. The van der Waals surface area contributed by atoms with Crippen LogP contribution in [-0.2, 0) is 11.2 Å². The standard InChI is InChI=1S/C19H20N2O2S2/c1-12(2)23-15-8-5-4-7-14(15)21-18(22)11-17-19(20-13(3)25-17)16-9-6-10-24-16/h4-10,12H,11H2,1-3H3,(H,21,22). The van der Waals surface area contributed by atoms with Crippen molar-refractivity contribution < 1.29 is 9.53 Å². The number of benzene rings is 1. The highest BCUT2D eigenvalue weighted by Gasteiger charge is 2.16. The van der Waals surface area contributed by atoms with Gasteiger partial charge < -0.3 is 10.1 Å². The van der Waals surface area contributed by atoms with Gasteiger partial charge in [0.1, 0.15) is 5.75 Å². The Hall–Kier alpha value is -2.18. The molecule has 1 N–H and O–H groups in total. The van der Waals surface area contributed by atoms with Crippen LogP contribution in [0.1, 0.15) is 23.7 Å². The lowest BCUT2D eigenvalue weighted by Crippen LogP contribution is -2.16. The van der Waals surface area contributed by atoms with E-state index in [0.717, 1.165) is 20.5 Å². The number of rotatable bonds is 6. The number of para-hydroxylation sites is 2. The van der Waals surface area contributed by atoms with Crippen molar-refractivity contribution in [1.29, 1.82) is 0 Å². The van der Waals surface area contributed by atoms with Crippen LogP contribution < -0.4 is 10.1 Å². The molecule has 2 aromatic heterocycles. The van der Waals surface area contributed by atoms with E-state index in [1.54, 1.807) is 22.7 Å². The minimum absolute atomic E-state index is 0.0487. The number of thiazole rings is 1. The maximum atomic E-state index is 12.6. The van der Waals surface area contributed by atoms with Gasteiger partial charge >= 0.3 is 0 Å².